The van der Waals surface area contributed by atoms with Crippen molar-refractivity contribution in [1.29, 1.82) is 0 Å². The van der Waals surface area contributed by atoms with E-state index in [2.05, 4.69) is 20.3 Å². The van der Waals surface area contributed by atoms with Crippen molar-refractivity contribution in [3.05, 3.63) is 36.1 Å². The number of nitrogens with two attached hydrogens (primary N) is 1. The Kier molecular flexibility index (Phi) is 3.17. The maximum absolute atomic E-state index is 14.1. The lowest BCUT2D eigenvalue weighted by molar-refractivity contribution is 0.632. The van der Waals surface area contributed by atoms with Crippen LogP contribution in [-0.4, -0.2) is 29.8 Å². The van der Waals surface area contributed by atoms with Crippen LogP contribution in [0.4, 0.5) is 16.2 Å². The molecule has 3 rings (SSSR count). The Morgan fingerprint density at radius 3 is 2.67 bits per heavy atom. The van der Waals surface area contributed by atoms with Crippen LogP contribution in [-0.2, 0) is 0 Å². The normalized spacial score (nSPS) is 10.8. The number of nitrogen functional groups attached to an aromatic ring is 1. The highest BCUT2D eigenvalue weighted by molar-refractivity contribution is 6.35. The molecular formula is C14H13BFN5. The van der Waals surface area contributed by atoms with E-state index in [0.717, 1.165) is 10.8 Å². The third kappa shape index (κ3) is 2.26. The van der Waals surface area contributed by atoms with E-state index in [1.54, 1.807) is 19.2 Å². The Morgan fingerprint density at radius 1 is 1.14 bits per heavy atom. The van der Waals surface area contributed by atoms with Gasteiger partial charge in [-0.2, -0.15) is 9.97 Å². The summed E-state index contributed by atoms with van der Waals surface area (Å²) in [5.41, 5.74) is 7.93. The molecule has 104 valence electrons. The molecule has 0 unspecified atom stereocenters. The van der Waals surface area contributed by atoms with Gasteiger partial charge in [-0.05, 0) is 18.2 Å². The first-order chi connectivity index (χ1) is 10.1. The first-order valence-corrected chi connectivity index (χ1v) is 6.47. The zero-order chi connectivity index (χ0) is 15.0. The second-order valence-electron chi connectivity index (χ2n) is 4.68. The summed E-state index contributed by atoms with van der Waals surface area (Å²) in [5.74, 6) is 0.418. The number of hydrogen-bond donors (Lipinski definition) is 2. The van der Waals surface area contributed by atoms with E-state index in [1.165, 1.54) is 6.07 Å². The van der Waals surface area contributed by atoms with Crippen molar-refractivity contribution >= 4 is 36.1 Å². The molecule has 0 aliphatic heterocycles. The molecule has 0 fully saturated rings. The summed E-state index contributed by atoms with van der Waals surface area (Å²) < 4.78 is 14.1. The fraction of sp³-hybridized carbons (Fsp3) is 0.0714. The van der Waals surface area contributed by atoms with Gasteiger partial charge < -0.3 is 11.1 Å². The number of nitrogens with one attached hydrogen (secondary N) is 1. The van der Waals surface area contributed by atoms with Crippen molar-refractivity contribution in [3.8, 4) is 11.3 Å². The Morgan fingerprint density at radius 2 is 1.95 bits per heavy atom. The number of nitrogens with zero attached hydrogens (tertiary/aromatic N) is 3. The highest BCUT2D eigenvalue weighted by Gasteiger charge is 2.12. The number of hydrogen-bond acceptors (Lipinski definition) is 5. The Labute approximate surface area is 121 Å². The van der Waals surface area contributed by atoms with Crippen molar-refractivity contribution in [1.82, 2.24) is 15.0 Å². The van der Waals surface area contributed by atoms with Gasteiger partial charge in [0.15, 0.2) is 5.65 Å². The molecule has 0 amide bonds. The summed E-state index contributed by atoms with van der Waals surface area (Å²) in [6.45, 7) is 0. The van der Waals surface area contributed by atoms with Gasteiger partial charge in [0.25, 0.3) is 0 Å². The Hall–Kier alpha value is -2.70. The summed E-state index contributed by atoms with van der Waals surface area (Å²) in [7, 11) is 3.59. The van der Waals surface area contributed by atoms with E-state index >= 15 is 0 Å². The number of benzene rings is 1. The first-order valence-electron chi connectivity index (χ1n) is 6.47. The molecule has 0 atom stereocenters. The van der Waals surface area contributed by atoms with E-state index in [0.29, 0.717) is 22.7 Å². The third-order valence-electron chi connectivity index (χ3n) is 3.29. The van der Waals surface area contributed by atoms with Crippen LogP contribution in [0, 0.1) is 5.82 Å². The number of halogens is 1. The molecule has 0 aliphatic rings. The molecule has 0 bridgehead atoms. The number of rotatable bonds is 2. The highest BCUT2D eigenvalue weighted by Crippen LogP contribution is 2.24. The van der Waals surface area contributed by atoms with Gasteiger partial charge in [0.05, 0.1) is 11.1 Å². The molecule has 2 aromatic heterocycles. The average molecular weight is 281 g/mol. The van der Waals surface area contributed by atoms with E-state index in [-0.39, 0.29) is 11.8 Å². The predicted molar refractivity (Wildman–Crippen MR) is 84.9 cm³/mol. The predicted octanol–water partition coefficient (Wildman–Crippen LogP) is 0.713. The second kappa shape index (κ2) is 5.01. The van der Waals surface area contributed by atoms with Gasteiger partial charge in [-0.25, -0.2) is 9.37 Å². The Balaban J connectivity index is 2.27. The van der Waals surface area contributed by atoms with Crippen LogP contribution < -0.4 is 16.5 Å². The fourth-order valence-electron chi connectivity index (χ4n) is 2.31. The van der Waals surface area contributed by atoms with Crippen LogP contribution in [0.2, 0.25) is 0 Å². The molecule has 0 saturated carbocycles. The standard InChI is InChI=1S/C14H13BFN5/c1-18-12-7-5-6-10(19-13(7)21-14(17)20-12)11-8(15)3-2-4-9(11)16/h2-6H,15H2,1H3,(H3,17,18,19,20,21). The van der Waals surface area contributed by atoms with Gasteiger partial charge in [-0.3, -0.25) is 0 Å². The van der Waals surface area contributed by atoms with Crippen LogP contribution >= 0.6 is 0 Å². The lowest BCUT2D eigenvalue weighted by Crippen LogP contribution is -2.10. The van der Waals surface area contributed by atoms with Crippen LogP contribution in [0.15, 0.2) is 30.3 Å². The van der Waals surface area contributed by atoms with Crippen molar-refractivity contribution in [2.75, 3.05) is 18.1 Å². The summed E-state index contributed by atoms with van der Waals surface area (Å²) in [4.78, 5) is 12.6. The Bertz CT molecular complexity index is 817. The van der Waals surface area contributed by atoms with Crippen molar-refractivity contribution in [3.63, 3.8) is 0 Å². The average Bonchev–Trinajstić information content (AvgIpc) is 2.45. The molecule has 5 nitrogen and oxygen atoms in total. The van der Waals surface area contributed by atoms with Crippen LogP contribution in [0.5, 0.6) is 0 Å². The van der Waals surface area contributed by atoms with Crippen molar-refractivity contribution < 1.29 is 4.39 Å². The zero-order valence-electron chi connectivity index (χ0n) is 11.7. The molecule has 0 saturated heterocycles. The minimum absolute atomic E-state index is 0.127. The molecule has 1 aromatic carbocycles. The van der Waals surface area contributed by atoms with Crippen molar-refractivity contribution in [2.45, 2.75) is 0 Å². The van der Waals surface area contributed by atoms with Crippen molar-refractivity contribution in [2.24, 2.45) is 0 Å². The first kappa shape index (κ1) is 13.3. The molecule has 3 aromatic rings. The van der Waals surface area contributed by atoms with Crippen LogP contribution in [0.3, 0.4) is 0 Å². The summed E-state index contributed by atoms with van der Waals surface area (Å²) in [5, 5.41) is 3.69. The zero-order valence-corrected chi connectivity index (χ0v) is 11.7. The highest BCUT2D eigenvalue weighted by atomic mass is 19.1. The van der Waals surface area contributed by atoms with Crippen LogP contribution in [0.1, 0.15) is 0 Å². The van der Waals surface area contributed by atoms with E-state index in [1.807, 2.05) is 20.0 Å². The van der Waals surface area contributed by atoms with Gasteiger partial charge in [0.1, 0.15) is 19.5 Å². The van der Waals surface area contributed by atoms with Gasteiger partial charge in [0, 0.05) is 12.6 Å². The molecule has 0 radical (unpaired) electrons. The quantitative estimate of drug-likeness (QED) is 0.677. The van der Waals surface area contributed by atoms with E-state index in [9.17, 15) is 4.39 Å². The monoisotopic (exact) mass is 281 g/mol. The lowest BCUT2D eigenvalue weighted by Gasteiger charge is -2.09. The minimum atomic E-state index is -0.308. The molecule has 7 heteroatoms. The molecule has 0 aliphatic carbocycles. The number of fused-ring (bicyclic) bond motifs is 1. The second-order valence-corrected chi connectivity index (χ2v) is 4.68. The molecule has 0 spiro atoms. The fourth-order valence-corrected chi connectivity index (χ4v) is 2.31. The minimum Gasteiger partial charge on any atom is -0.372 e. The van der Waals surface area contributed by atoms with Crippen LogP contribution in [0.25, 0.3) is 22.3 Å². The largest absolute Gasteiger partial charge is 0.372 e. The maximum Gasteiger partial charge on any atom is 0.224 e. The number of anilines is 2. The van der Waals surface area contributed by atoms with Gasteiger partial charge in [0.2, 0.25) is 5.95 Å². The molecule has 3 N–H and O–H groups in total. The summed E-state index contributed by atoms with van der Waals surface area (Å²) >= 11 is 0. The van der Waals surface area contributed by atoms with E-state index < -0.39 is 0 Å². The summed E-state index contributed by atoms with van der Waals surface area (Å²) in [6.07, 6.45) is 0. The smallest absolute Gasteiger partial charge is 0.224 e. The van der Waals surface area contributed by atoms with Gasteiger partial charge in [-0.1, -0.05) is 17.6 Å². The topological polar surface area (TPSA) is 76.7 Å². The molecule has 21 heavy (non-hydrogen) atoms. The third-order valence-corrected chi connectivity index (χ3v) is 3.29. The van der Waals surface area contributed by atoms with Gasteiger partial charge in [-0.15, -0.1) is 0 Å². The number of aromatic nitrogens is 3. The van der Waals surface area contributed by atoms with Gasteiger partial charge >= 0.3 is 0 Å². The summed E-state index contributed by atoms with van der Waals surface area (Å²) in [6, 6.07) is 8.51. The number of pyridine rings is 1. The molecular weight excluding hydrogens is 268 g/mol. The maximum atomic E-state index is 14.1. The molecule has 2 heterocycles. The lowest BCUT2D eigenvalue weighted by atomic mass is 9.88. The van der Waals surface area contributed by atoms with E-state index in [4.69, 9.17) is 5.73 Å². The SMILES string of the molecule is Bc1cccc(F)c1-c1ccc2c(NC)nc(N)nc2n1.